The molecule has 0 radical (unpaired) electrons. The van der Waals surface area contributed by atoms with Crippen LogP contribution in [0, 0.1) is 11.6 Å². The third-order valence-corrected chi connectivity index (χ3v) is 3.42. The first-order valence-corrected chi connectivity index (χ1v) is 6.42. The fourth-order valence-corrected chi connectivity index (χ4v) is 2.56. The summed E-state index contributed by atoms with van der Waals surface area (Å²) in [6.07, 6.45) is 1.56. The Hall–Kier alpha value is -2.41. The van der Waals surface area contributed by atoms with Gasteiger partial charge in [0.2, 0.25) is 0 Å². The molecule has 0 unspecified atom stereocenters. The molecule has 0 aliphatic carbocycles. The average Bonchev–Trinajstić information content (AvgIpc) is 2.37. The van der Waals surface area contributed by atoms with Crippen molar-refractivity contribution in [3.63, 3.8) is 0 Å². The van der Waals surface area contributed by atoms with E-state index in [9.17, 15) is 13.6 Å². The van der Waals surface area contributed by atoms with Crippen molar-refractivity contribution in [2.24, 2.45) is 0 Å². The van der Waals surface area contributed by atoms with Gasteiger partial charge in [-0.05, 0) is 24.3 Å². The van der Waals surface area contributed by atoms with E-state index >= 15 is 0 Å². The number of nitrogens with one attached hydrogen (secondary N) is 1. The first-order valence-electron chi connectivity index (χ1n) is 5.61. The molecule has 0 fully saturated rings. The van der Waals surface area contributed by atoms with Crippen molar-refractivity contribution in [2.75, 3.05) is 5.32 Å². The summed E-state index contributed by atoms with van der Waals surface area (Å²) in [5.41, 5.74) is -0.257. The predicted molar refractivity (Wildman–Crippen MR) is 73.3 cm³/mol. The van der Waals surface area contributed by atoms with Crippen LogP contribution in [0.2, 0.25) is 0 Å². The molecule has 0 amide bonds. The van der Waals surface area contributed by atoms with Crippen LogP contribution in [0.5, 0.6) is 0 Å². The van der Waals surface area contributed by atoms with E-state index < -0.39 is 17.2 Å². The monoisotopic (exact) mass is 291 g/mol. The molecular formula is C13H7F2N3OS. The average molecular weight is 291 g/mol. The van der Waals surface area contributed by atoms with Gasteiger partial charge in [0.1, 0.15) is 16.5 Å². The van der Waals surface area contributed by atoms with E-state index in [1.807, 2.05) is 0 Å². The molecule has 7 heteroatoms. The van der Waals surface area contributed by atoms with Gasteiger partial charge in [0.15, 0.2) is 5.13 Å². The minimum atomic E-state index is -0.709. The highest BCUT2D eigenvalue weighted by Crippen LogP contribution is 2.23. The Labute approximate surface area is 115 Å². The lowest BCUT2D eigenvalue weighted by atomic mass is 10.3. The molecule has 3 rings (SSSR count). The molecule has 100 valence electrons. The SMILES string of the molecule is O=c1nc(Nc2cc(F)cc(F)c2)sc2ncccc12. The highest BCUT2D eigenvalue weighted by atomic mass is 32.1. The highest BCUT2D eigenvalue weighted by molar-refractivity contribution is 7.21. The Bertz CT molecular complexity index is 830. The quantitative estimate of drug-likeness (QED) is 0.788. The van der Waals surface area contributed by atoms with Crippen molar-refractivity contribution >= 4 is 32.4 Å². The number of pyridine rings is 1. The largest absolute Gasteiger partial charge is 0.331 e. The van der Waals surface area contributed by atoms with E-state index in [0.29, 0.717) is 10.2 Å². The first-order chi connectivity index (χ1) is 9.61. The van der Waals surface area contributed by atoms with Crippen LogP contribution < -0.4 is 10.9 Å². The third kappa shape index (κ3) is 2.48. The van der Waals surface area contributed by atoms with Gasteiger partial charge < -0.3 is 5.32 Å². The maximum Gasteiger partial charge on any atom is 0.282 e. The second-order valence-electron chi connectivity index (χ2n) is 3.96. The van der Waals surface area contributed by atoms with Gasteiger partial charge >= 0.3 is 0 Å². The molecule has 0 saturated heterocycles. The molecule has 2 aromatic heterocycles. The molecule has 1 N–H and O–H groups in total. The minimum absolute atomic E-state index is 0.181. The van der Waals surface area contributed by atoms with Gasteiger partial charge in [-0.3, -0.25) is 4.79 Å². The summed E-state index contributed by atoms with van der Waals surface area (Å²) in [5.74, 6) is -1.42. The second-order valence-corrected chi connectivity index (χ2v) is 4.94. The Morgan fingerprint density at radius 2 is 1.90 bits per heavy atom. The zero-order chi connectivity index (χ0) is 14.1. The summed E-state index contributed by atoms with van der Waals surface area (Å²) < 4.78 is 26.2. The van der Waals surface area contributed by atoms with Crippen molar-refractivity contribution in [3.05, 3.63) is 58.5 Å². The van der Waals surface area contributed by atoms with E-state index in [0.717, 1.165) is 29.5 Å². The van der Waals surface area contributed by atoms with Gasteiger partial charge in [0.05, 0.1) is 5.39 Å². The number of aromatic nitrogens is 2. The Morgan fingerprint density at radius 1 is 1.15 bits per heavy atom. The number of anilines is 2. The number of benzene rings is 1. The van der Waals surface area contributed by atoms with Crippen LogP contribution in [0.3, 0.4) is 0 Å². The molecule has 0 spiro atoms. The molecule has 0 aliphatic heterocycles. The number of hydrogen-bond acceptors (Lipinski definition) is 5. The third-order valence-electron chi connectivity index (χ3n) is 2.51. The van der Waals surface area contributed by atoms with E-state index in [1.54, 1.807) is 18.3 Å². The van der Waals surface area contributed by atoms with Crippen LogP contribution in [-0.4, -0.2) is 9.97 Å². The summed E-state index contributed by atoms with van der Waals surface area (Å²) in [6, 6.07) is 6.27. The lowest BCUT2D eigenvalue weighted by Crippen LogP contribution is -2.08. The molecule has 0 atom stereocenters. The normalized spacial score (nSPS) is 10.7. The first kappa shape index (κ1) is 12.6. The molecule has 0 aliphatic rings. The molecular weight excluding hydrogens is 284 g/mol. The van der Waals surface area contributed by atoms with Gasteiger partial charge in [-0.1, -0.05) is 11.3 Å². The molecule has 1 aromatic carbocycles. The topological polar surface area (TPSA) is 54.9 Å². The fraction of sp³-hybridized carbons (Fsp3) is 0. The number of nitrogens with zero attached hydrogens (tertiary/aromatic N) is 2. The maximum absolute atomic E-state index is 13.1. The predicted octanol–water partition coefficient (Wildman–Crippen LogP) is 3.07. The van der Waals surface area contributed by atoms with Crippen molar-refractivity contribution in [1.82, 2.24) is 9.97 Å². The van der Waals surface area contributed by atoms with Crippen LogP contribution in [0.1, 0.15) is 0 Å². The molecule has 3 aromatic rings. The van der Waals surface area contributed by atoms with Crippen molar-refractivity contribution < 1.29 is 8.78 Å². The lowest BCUT2D eigenvalue weighted by molar-refractivity contribution is 0.584. The second kappa shape index (κ2) is 4.93. The van der Waals surface area contributed by atoms with Crippen LogP contribution in [0.15, 0.2) is 41.3 Å². The molecule has 0 bridgehead atoms. The summed E-state index contributed by atoms with van der Waals surface area (Å²) in [7, 11) is 0. The van der Waals surface area contributed by atoms with Crippen molar-refractivity contribution in [3.8, 4) is 0 Å². The molecule has 20 heavy (non-hydrogen) atoms. The van der Waals surface area contributed by atoms with E-state index in [-0.39, 0.29) is 10.8 Å². The number of rotatable bonds is 2. The molecule has 4 nitrogen and oxygen atoms in total. The van der Waals surface area contributed by atoms with Gasteiger partial charge in [-0.2, -0.15) is 4.98 Å². The summed E-state index contributed by atoms with van der Waals surface area (Å²) in [6.45, 7) is 0. The maximum atomic E-state index is 13.1. The standard InChI is InChI=1S/C13H7F2N3OS/c14-7-4-8(15)6-9(5-7)17-13-18-11(19)10-2-1-3-16-12(10)20-13/h1-6H,(H,17,18,19). The fourth-order valence-electron chi connectivity index (χ4n) is 1.70. The van der Waals surface area contributed by atoms with Crippen LogP contribution in [0.25, 0.3) is 10.2 Å². The van der Waals surface area contributed by atoms with Crippen molar-refractivity contribution in [1.29, 1.82) is 0 Å². The molecule has 0 saturated carbocycles. The van der Waals surface area contributed by atoms with Crippen molar-refractivity contribution in [2.45, 2.75) is 0 Å². The molecule has 2 heterocycles. The van der Waals surface area contributed by atoms with E-state index in [1.165, 1.54) is 0 Å². The smallest absolute Gasteiger partial charge is 0.282 e. The summed E-state index contributed by atoms with van der Waals surface area (Å²) >= 11 is 1.13. The zero-order valence-corrected chi connectivity index (χ0v) is 10.7. The number of halogens is 2. The number of hydrogen-bond donors (Lipinski definition) is 1. The van der Waals surface area contributed by atoms with Crippen LogP contribution >= 0.6 is 11.3 Å². The van der Waals surface area contributed by atoms with E-state index in [4.69, 9.17) is 0 Å². The van der Waals surface area contributed by atoms with Gasteiger partial charge in [0, 0.05) is 18.0 Å². The minimum Gasteiger partial charge on any atom is -0.331 e. The Kier molecular flexibility index (Phi) is 3.11. The lowest BCUT2D eigenvalue weighted by Gasteiger charge is -2.05. The summed E-state index contributed by atoms with van der Waals surface area (Å²) in [4.78, 5) is 20.2. The zero-order valence-electron chi connectivity index (χ0n) is 9.93. The summed E-state index contributed by atoms with van der Waals surface area (Å²) in [5, 5.41) is 3.34. The van der Waals surface area contributed by atoms with Gasteiger partial charge in [-0.25, -0.2) is 13.8 Å². The van der Waals surface area contributed by atoms with Gasteiger partial charge in [-0.15, -0.1) is 0 Å². The highest BCUT2D eigenvalue weighted by Gasteiger charge is 2.07. The van der Waals surface area contributed by atoms with Gasteiger partial charge in [0.25, 0.3) is 5.56 Å². The van der Waals surface area contributed by atoms with Crippen LogP contribution in [-0.2, 0) is 0 Å². The number of fused-ring (bicyclic) bond motifs is 1. The Balaban J connectivity index is 2.04. The Morgan fingerprint density at radius 3 is 2.65 bits per heavy atom. The van der Waals surface area contributed by atoms with Crippen LogP contribution in [0.4, 0.5) is 19.6 Å². The van der Waals surface area contributed by atoms with E-state index in [2.05, 4.69) is 15.3 Å².